The van der Waals surface area contributed by atoms with Gasteiger partial charge in [0.15, 0.2) is 5.13 Å². The molecular weight excluding hydrogens is 1360 g/mol. The van der Waals surface area contributed by atoms with E-state index in [4.69, 9.17) is 70.6 Å². The van der Waals surface area contributed by atoms with Crippen molar-refractivity contribution in [1.82, 2.24) is 46.0 Å². The highest BCUT2D eigenvalue weighted by Gasteiger charge is 2.27. The number of thiazole rings is 1. The van der Waals surface area contributed by atoms with Crippen LogP contribution in [0.2, 0.25) is 5.02 Å². The average molecular weight is 1440 g/mol. The normalized spacial score (nSPS) is 12.5. The van der Waals surface area contributed by atoms with Crippen molar-refractivity contribution in [3.8, 4) is 0 Å². The quantitative estimate of drug-likeness (QED) is 0.00604. The van der Waals surface area contributed by atoms with Gasteiger partial charge in [-0.3, -0.25) is 14.5 Å². The number of aryl methyl sites for hydroxylation is 2. The van der Waals surface area contributed by atoms with Gasteiger partial charge in [-0.2, -0.15) is 0 Å². The van der Waals surface area contributed by atoms with Crippen LogP contribution >= 0.6 is 34.5 Å². The highest BCUT2D eigenvalue weighted by molar-refractivity contribution is 7.17. The van der Waals surface area contributed by atoms with Crippen LogP contribution < -0.4 is 36.8 Å². The van der Waals surface area contributed by atoms with E-state index in [9.17, 15) is 41.9 Å². The number of carbonyl (C=O) groups is 6. The molecular formula is C62H87Cl2F3N14O16S. The number of alkyl halides is 4. The lowest BCUT2D eigenvalue weighted by molar-refractivity contribution is -0.133. The van der Waals surface area contributed by atoms with Crippen molar-refractivity contribution in [2.24, 2.45) is 10.2 Å². The van der Waals surface area contributed by atoms with Crippen molar-refractivity contribution >= 4 is 98.9 Å². The van der Waals surface area contributed by atoms with Crippen LogP contribution in [0.25, 0.3) is 0 Å². The van der Waals surface area contributed by atoms with E-state index < -0.39 is 30.7 Å². The molecule has 0 saturated carbocycles. The predicted octanol–water partition coefficient (Wildman–Crippen LogP) is 8.31. The molecule has 5 rings (SSSR count). The molecule has 1 aliphatic heterocycles. The number of ether oxygens (including phenoxy) is 10. The minimum Gasteiger partial charge on any atom is -0.447 e. The van der Waals surface area contributed by atoms with Gasteiger partial charge in [0, 0.05) is 84.0 Å². The second kappa shape index (κ2) is 48.0. The number of anilines is 4. The first-order valence-electron chi connectivity index (χ1n) is 31.7. The van der Waals surface area contributed by atoms with Gasteiger partial charge < -0.3 is 89.1 Å². The molecule has 36 heteroatoms. The van der Waals surface area contributed by atoms with Crippen LogP contribution in [0, 0.1) is 13.8 Å². The van der Waals surface area contributed by atoms with Crippen molar-refractivity contribution in [2.45, 2.75) is 52.4 Å². The molecule has 0 atom stereocenters. The Balaban J connectivity index is 0.859. The molecule has 0 bridgehead atoms. The zero-order valence-corrected chi connectivity index (χ0v) is 57.2. The Bertz CT molecular complexity index is 3050. The molecule has 1 saturated heterocycles. The number of hydrogen-bond donors (Lipinski definition) is 6. The SMILES string of the molecule is Cc1nc(Nc2ncc(C(=O)Nc3c(C)cccc3Cl)s2)cc(N2CCN(CC(=O)N(CCNC(=O)OCCOCCOCCNC(=O)OC/C=C/COC(=O)NCCOCCOCCOC(=O)NCCOCCOCCCCCCCl)Cc3ccc(/N=N\C(F)(F)F)cc3)CC2)n1. The molecule has 98 heavy (non-hydrogen) atoms. The second-order valence-electron chi connectivity index (χ2n) is 21.0. The van der Waals surface area contributed by atoms with Crippen LogP contribution in [-0.2, 0) is 58.7 Å². The molecule has 2 aromatic heterocycles. The molecule has 2 aromatic carbocycles. The number of nitrogens with one attached hydrogen (secondary N) is 6. The molecule has 0 unspecified atom stereocenters. The molecule has 0 radical (unpaired) electrons. The summed E-state index contributed by atoms with van der Waals surface area (Å²) in [5.74, 6) is 1.69. The molecule has 3 heterocycles. The average Bonchev–Trinajstić information content (AvgIpc) is 1.09. The molecule has 0 aliphatic carbocycles. The Morgan fingerprint density at radius 1 is 0.653 bits per heavy atom. The smallest absolute Gasteiger partial charge is 0.447 e. The maximum atomic E-state index is 13.9. The Hall–Kier alpha value is -7.80. The van der Waals surface area contributed by atoms with Gasteiger partial charge in [-0.15, -0.1) is 29.9 Å². The number of alkyl carbamates (subject to hydrolysis) is 4. The third-order valence-corrected chi connectivity index (χ3v) is 14.9. The summed E-state index contributed by atoms with van der Waals surface area (Å²) in [4.78, 5) is 94.7. The number of benzene rings is 2. The number of aromatic nitrogens is 3. The van der Waals surface area contributed by atoms with E-state index in [0.717, 1.165) is 42.6 Å². The summed E-state index contributed by atoms with van der Waals surface area (Å²) in [6.07, 6.45) is 1.20. The van der Waals surface area contributed by atoms with Crippen LogP contribution in [0.3, 0.4) is 0 Å². The van der Waals surface area contributed by atoms with Crippen molar-refractivity contribution in [3.63, 3.8) is 0 Å². The molecule has 1 aliphatic rings. The van der Waals surface area contributed by atoms with E-state index >= 15 is 0 Å². The van der Waals surface area contributed by atoms with Gasteiger partial charge in [0.05, 0.1) is 102 Å². The first-order chi connectivity index (χ1) is 47.4. The van der Waals surface area contributed by atoms with Crippen LogP contribution in [0.5, 0.6) is 0 Å². The number of carbonyl (C=O) groups excluding carboxylic acids is 6. The largest absolute Gasteiger partial charge is 0.521 e. The van der Waals surface area contributed by atoms with Gasteiger partial charge >= 0.3 is 30.7 Å². The fraction of sp³-hybridized carbons (Fsp3) is 0.565. The van der Waals surface area contributed by atoms with Gasteiger partial charge in [0.2, 0.25) is 5.91 Å². The van der Waals surface area contributed by atoms with Gasteiger partial charge in [-0.05, 0) is 68.2 Å². The fourth-order valence-electron chi connectivity index (χ4n) is 8.57. The number of rotatable bonds is 47. The molecule has 542 valence electrons. The molecule has 6 amide bonds. The summed E-state index contributed by atoms with van der Waals surface area (Å²) >= 11 is 13.1. The van der Waals surface area contributed by atoms with E-state index in [1.54, 1.807) is 25.1 Å². The van der Waals surface area contributed by atoms with Gasteiger partial charge in [-0.1, -0.05) is 65.2 Å². The maximum Gasteiger partial charge on any atom is 0.521 e. The third kappa shape index (κ3) is 36.2. The number of halogens is 5. The van der Waals surface area contributed by atoms with Crippen molar-refractivity contribution < 1.29 is 89.3 Å². The number of unbranched alkanes of at least 4 members (excludes halogenated alkanes) is 3. The third-order valence-electron chi connectivity index (χ3n) is 13.4. The van der Waals surface area contributed by atoms with Crippen molar-refractivity contribution in [1.29, 1.82) is 0 Å². The monoisotopic (exact) mass is 1440 g/mol. The highest BCUT2D eigenvalue weighted by Crippen LogP contribution is 2.29. The Labute approximate surface area is 580 Å². The van der Waals surface area contributed by atoms with E-state index in [2.05, 4.69) is 62.0 Å². The first-order valence-corrected chi connectivity index (χ1v) is 33.5. The molecule has 1 fully saturated rings. The van der Waals surface area contributed by atoms with Crippen LogP contribution in [0.4, 0.5) is 60.5 Å². The van der Waals surface area contributed by atoms with E-state index in [0.29, 0.717) is 109 Å². The van der Waals surface area contributed by atoms with E-state index in [1.807, 2.05) is 17.9 Å². The number of amides is 6. The topological polar surface area (TPSA) is 340 Å². The van der Waals surface area contributed by atoms with Gasteiger partial charge in [-0.25, -0.2) is 34.1 Å². The minimum absolute atomic E-state index is 0.00916. The standard InChI is InChI=1S/C62H87Cl2F3N14O16S/c1-46-10-9-11-50(64)55(46)76-56(83)51-43-72-57(98-51)75-52-42-53(74-47(2)73-52)80-24-22-79(23-25-80)45-54(82)81(44-48-12-14-49(15-13-48)77-78-62(65,66)67)21-17-68-58(84)96-40-38-92-36-34-90-29-18-69-59(85)94-27-7-8-28-95-60(86)70-19-30-91-35-37-93-39-41-97-61(87)71-20-31-89-33-32-88-26-6-4-3-5-16-63/h7-15,42-43H,3-6,16-41,44-45H2,1-2H3,(H,68,84)(H,69,85)(H,70,86)(H,71,87)(H,76,83)(H,72,73,74,75)/b8-7+,78-77-. The van der Waals surface area contributed by atoms with Crippen LogP contribution in [-0.4, -0.2) is 244 Å². The number of piperazine rings is 1. The summed E-state index contributed by atoms with van der Waals surface area (Å²) in [6.45, 7) is 9.77. The maximum absolute atomic E-state index is 13.9. The fourth-order valence-corrected chi connectivity index (χ4v) is 9.75. The molecule has 0 spiro atoms. The summed E-state index contributed by atoms with van der Waals surface area (Å²) in [6, 6.07) is 12.9. The predicted molar refractivity (Wildman–Crippen MR) is 358 cm³/mol. The number of hydrogen-bond acceptors (Lipinski definition) is 25. The van der Waals surface area contributed by atoms with Crippen LogP contribution in [0.15, 0.2) is 77.1 Å². The summed E-state index contributed by atoms with van der Waals surface area (Å²) < 4.78 is 90.9. The highest BCUT2D eigenvalue weighted by atomic mass is 35.5. The molecule has 6 N–H and O–H groups in total. The van der Waals surface area contributed by atoms with Gasteiger partial charge in [0.25, 0.3) is 5.91 Å². The lowest BCUT2D eigenvalue weighted by Crippen LogP contribution is -2.51. The lowest BCUT2D eigenvalue weighted by atomic mass is 10.2. The summed E-state index contributed by atoms with van der Waals surface area (Å²) in [5, 5.41) is 22.7. The number of azo groups is 1. The van der Waals surface area contributed by atoms with Gasteiger partial charge in [0.1, 0.15) is 48.8 Å². The molecule has 4 aromatic rings. The Kier molecular flexibility index (Phi) is 39.6. The Morgan fingerprint density at radius 2 is 1.19 bits per heavy atom. The Morgan fingerprint density at radius 3 is 1.77 bits per heavy atom. The minimum atomic E-state index is -4.83. The zero-order valence-electron chi connectivity index (χ0n) is 54.9. The number of para-hydroxylation sites is 1. The van der Waals surface area contributed by atoms with Crippen LogP contribution in [0.1, 0.15) is 52.3 Å². The zero-order chi connectivity index (χ0) is 70.4. The summed E-state index contributed by atoms with van der Waals surface area (Å²) in [5.41, 5.74) is 1.91. The van der Waals surface area contributed by atoms with Crippen molar-refractivity contribution in [2.75, 3.05) is 193 Å². The second-order valence-corrected chi connectivity index (χ2v) is 22.9. The molecule has 30 nitrogen and oxygen atoms in total. The first kappa shape index (κ1) is 80.9. The lowest BCUT2D eigenvalue weighted by Gasteiger charge is -2.36. The van der Waals surface area contributed by atoms with E-state index in [-0.39, 0.29) is 136 Å². The number of nitrogens with zero attached hydrogens (tertiary/aromatic N) is 8. The van der Waals surface area contributed by atoms with Crippen molar-refractivity contribution in [3.05, 3.63) is 93.7 Å². The van der Waals surface area contributed by atoms with E-state index in [1.165, 1.54) is 47.5 Å². The summed E-state index contributed by atoms with van der Waals surface area (Å²) in [7, 11) is 0.